The molecule has 0 saturated heterocycles. The molecule has 2 heterocycles. The quantitative estimate of drug-likeness (QED) is 0.786. The maximum Gasteiger partial charge on any atom is 0.431 e. The number of rotatable bonds is 3. The zero-order chi connectivity index (χ0) is 17.9. The van der Waals surface area contributed by atoms with Gasteiger partial charge in [0.15, 0.2) is 11.6 Å². The van der Waals surface area contributed by atoms with Gasteiger partial charge in [0, 0.05) is 12.1 Å². The van der Waals surface area contributed by atoms with Crippen LogP contribution in [0.3, 0.4) is 0 Å². The van der Waals surface area contributed by atoms with Gasteiger partial charge in [0.05, 0.1) is 17.6 Å². The van der Waals surface area contributed by atoms with Gasteiger partial charge >= 0.3 is 6.09 Å². The molecular formula is C20H18N4O2. The van der Waals surface area contributed by atoms with Gasteiger partial charge in [0.25, 0.3) is 0 Å². The predicted octanol–water partition coefficient (Wildman–Crippen LogP) is 3.52. The molecule has 1 aliphatic rings. The third-order valence-electron chi connectivity index (χ3n) is 4.28. The molecule has 1 amide bonds. The number of ether oxygens (including phenoxy) is 1. The molecular weight excluding hydrogens is 328 g/mol. The number of anilines is 1. The van der Waals surface area contributed by atoms with E-state index in [0.717, 1.165) is 24.2 Å². The topological polar surface area (TPSA) is 67.3 Å². The molecule has 0 spiro atoms. The molecule has 0 bridgehead atoms. The molecule has 0 saturated carbocycles. The molecule has 3 aromatic rings. The number of nitrogens with zero attached hydrogens (tertiary/aromatic N) is 3. The summed E-state index contributed by atoms with van der Waals surface area (Å²) in [6.45, 7) is 2.51. The van der Waals surface area contributed by atoms with Crippen molar-refractivity contribution < 1.29 is 9.53 Å². The molecule has 1 aliphatic heterocycles. The number of carbonyl (C=O) groups excluding carboxylic acids is 1. The minimum absolute atomic E-state index is 0.342. The fourth-order valence-electron chi connectivity index (χ4n) is 2.97. The summed E-state index contributed by atoms with van der Waals surface area (Å²) in [7, 11) is 0. The fourth-order valence-corrected chi connectivity index (χ4v) is 2.97. The second kappa shape index (κ2) is 6.84. The van der Waals surface area contributed by atoms with Crippen molar-refractivity contribution in [3.05, 3.63) is 72.1 Å². The molecule has 130 valence electrons. The average molecular weight is 346 g/mol. The maximum atomic E-state index is 12.3. The Kier molecular flexibility index (Phi) is 4.23. The summed E-state index contributed by atoms with van der Waals surface area (Å²) in [4.78, 5) is 21.0. The molecule has 4 rings (SSSR count). The molecule has 0 atom stereocenters. The van der Waals surface area contributed by atoms with E-state index in [1.807, 2.05) is 48.5 Å². The number of aromatic nitrogens is 2. The molecule has 26 heavy (non-hydrogen) atoms. The number of hydrazine groups is 1. The second-order valence-electron chi connectivity index (χ2n) is 6.04. The largest absolute Gasteiger partial charge is 0.431 e. The van der Waals surface area contributed by atoms with Crippen LogP contribution in [-0.4, -0.2) is 22.6 Å². The van der Waals surface area contributed by atoms with Crippen LogP contribution in [0.25, 0.3) is 11.4 Å². The fraction of sp³-hybridized carbons (Fsp3) is 0.150. The Balaban J connectivity index is 1.45. The van der Waals surface area contributed by atoms with Gasteiger partial charge in [-0.25, -0.2) is 20.2 Å². The van der Waals surface area contributed by atoms with Gasteiger partial charge in [-0.1, -0.05) is 48.5 Å². The van der Waals surface area contributed by atoms with Crippen molar-refractivity contribution >= 4 is 11.8 Å². The lowest BCUT2D eigenvalue weighted by molar-refractivity contribution is 0.199. The van der Waals surface area contributed by atoms with Crippen LogP contribution in [-0.2, 0) is 6.42 Å². The first-order valence-corrected chi connectivity index (χ1v) is 8.44. The van der Waals surface area contributed by atoms with Gasteiger partial charge in [-0.05, 0) is 25.0 Å². The minimum atomic E-state index is -0.555. The molecule has 6 heteroatoms. The number of nitrogens with one attached hydrogen (secondary N) is 1. The lowest BCUT2D eigenvalue weighted by Crippen LogP contribution is -2.42. The number of para-hydroxylation sites is 1. The molecule has 0 aliphatic carbocycles. The molecule has 1 aromatic heterocycles. The summed E-state index contributed by atoms with van der Waals surface area (Å²) in [5.74, 6) is 0.944. The van der Waals surface area contributed by atoms with Crippen molar-refractivity contribution in [2.75, 3.05) is 11.6 Å². The summed E-state index contributed by atoms with van der Waals surface area (Å²) in [5.41, 5.74) is 6.50. The zero-order valence-corrected chi connectivity index (χ0v) is 14.3. The van der Waals surface area contributed by atoms with Gasteiger partial charge in [-0.2, -0.15) is 0 Å². The Hall–Kier alpha value is -3.41. The Morgan fingerprint density at radius 1 is 1.12 bits per heavy atom. The van der Waals surface area contributed by atoms with Gasteiger partial charge < -0.3 is 4.74 Å². The SMILES string of the molecule is Cc1nc(-c2ccccc2)ncc1OC(=O)NN1CCc2ccccc21. The number of hydrogen-bond donors (Lipinski definition) is 1. The van der Waals surface area contributed by atoms with Crippen LogP contribution in [0.2, 0.25) is 0 Å². The highest BCUT2D eigenvalue weighted by Crippen LogP contribution is 2.26. The van der Waals surface area contributed by atoms with Crippen LogP contribution in [0.1, 0.15) is 11.3 Å². The van der Waals surface area contributed by atoms with Crippen molar-refractivity contribution in [2.45, 2.75) is 13.3 Å². The molecule has 6 nitrogen and oxygen atoms in total. The summed E-state index contributed by atoms with van der Waals surface area (Å²) in [6.07, 6.45) is 1.87. The molecule has 1 N–H and O–H groups in total. The smallest absolute Gasteiger partial charge is 0.406 e. The lowest BCUT2D eigenvalue weighted by Gasteiger charge is -2.20. The highest BCUT2D eigenvalue weighted by molar-refractivity contribution is 5.74. The van der Waals surface area contributed by atoms with Crippen LogP contribution < -0.4 is 15.2 Å². The van der Waals surface area contributed by atoms with Crippen molar-refractivity contribution in [2.24, 2.45) is 0 Å². The zero-order valence-electron chi connectivity index (χ0n) is 14.3. The van der Waals surface area contributed by atoms with Crippen LogP contribution >= 0.6 is 0 Å². The summed E-state index contributed by atoms with van der Waals surface area (Å²) < 4.78 is 5.40. The first kappa shape index (κ1) is 16.1. The van der Waals surface area contributed by atoms with Crippen LogP contribution in [0.4, 0.5) is 10.5 Å². The number of hydrogen-bond acceptors (Lipinski definition) is 5. The van der Waals surface area contributed by atoms with Gasteiger partial charge in [0.2, 0.25) is 0 Å². The highest BCUT2D eigenvalue weighted by atomic mass is 16.6. The van der Waals surface area contributed by atoms with Crippen LogP contribution in [0.5, 0.6) is 5.75 Å². The van der Waals surface area contributed by atoms with Gasteiger partial charge in [-0.15, -0.1) is 0 Å². The Morgan fingerprint density at radius 2 is 1.88 bits per heavy atom. The third-order valence-corrected chi connectivity index (χ3v) is 4.28. The minimum Gasteiger partial charge on any atom is -0.406 e. The first-order chi connectivity index (χ1) is 12.7. The van der Waals surface area contributed by atoms with E-state index >= 15 is 0 Å². The van der Waals surface area contributed by atoms with Crippen LogP contribution in [0.15, 0.2) is 60.8 Å². The Morgan fingerprint density at radius 3 is 2.69 bits per heavy atom. The number of amides is 1. The number of fused-ring (bicyclic) bond motifs is 1. The Bertz CT molecular complexity index is 944. The van der Waals surface area contributed by atoms with Crippen molar-refractivity contribution in [1.82, 2.24) is 15.4 Å². The second-order valence-corrected chi connectivity index (χ2v) is 6.04. The number of carbonyl (C=O) groups is 1. The van der Waals surface area contributed by atoms with E-state index in [4.69, 9.17) is 4.74 Å². The normalized spacial score (nSPS) is 12.6. The van der Waals surface area contributed by atoms with Gasteiger partial charge in [-0.3, -0.25) is 5.01 Å². The summed E-state index contributed by atoms with van der Waals surface area (Å²) in [5, 5.41) is 1.80. The van der Waals surface area contributed by atoms with E-state index < -0.39 is 6.09 Å². The monoisotopic (exact) mass is 346 g/mol. The van der Waals surface area contributed by atoms with E-state index in [1.54, 1.807) is 11.9 Å². The van der Waals surface area contributed by atoms with Crippen molar-refractivity contribution in [1.29, 1.82) is 0 Å². The van der Waals surface area contributed by atoms with Crippen molar-refractivity contribution in [3.8, 4) is 17.1 Å². The van der Waals surface area contributed by atoms with E-state index in [2.05, 4.69) is 21.5 Å². The van der Waals surface area contributed by atoms with Crippen LogP contribution in [0, 0.1) is 6.92 Å². The average Bonchev–Trinajstić information content (AvgIpc) is 3.07. The number of aryl methyl sites for hydroxylation is 1. The highest BCUT2D eigenvalue weighted by Gasteiger charge is 2.21. The molecule has 0 radical (unpaired) electrons. The van der Waals surface area contributed by atoms with E-state index in [1.165, 1.54) is 11.8 Å². The standard InChI is InChI=1S/C20H18N4O2/c1-14-18(13-21-19(22-14)16-8-3-2-4-9-16)26-20(25)23-24-12-11-15-7-5-6-10-17(15)24/h2-10,13H,11-12H2,1H3,(H,23,25). The lowest BCUT2D eigenvalue weighted by atomic mass is 10.2. The summed E-state index contributed by atoms with van der Waals surface area (Å²) in [6, 6.07) is 17.7. The predicted molar refractivity (Wildman–Crippen MR) is 98.9 cm³/mol. The summed E-state index contributed by atoms with van der Waals surface area (Å²) >= 11 is 0. The van der Waals surface area contributed by atoms with Crippen molar-refractivity contribution in [3.63, 3.8) is 0 Å². The van der Waals surface area contributed by atoms with E-state index in [-0.39, 0.29) is 0 Å². The third kappa shape index (κ3) is 3.21. The molecule has 2 aromatic carbocycles. The first-order valence-electron chi connectivity index (χ1n) is 8.44. The Labute approximate surface area is 151 Å². The van der Waals surface area contributed by atoms with E-state index in [9.17, 15) is 4.79 Å². The number of benzene rings is 2. The maximum absolute atomic E-state index is 12.3. The van der Waals surface area contributed by atoms with E-state index in [0.29, 0.717) is 17.3 Å². The molecule has 0 fully saturated rings. The van der Waals surface area contributed by atoms with Gasteiger partial charge in [0.1, 0.15) is 0 Å². The molecule has 0 unspecified atom stereocenters.